The summed E-state index contributed by atoms with van der Waals surface area (Å²) in [5, 5.41) is 20.6. The molecule has 5 heteroatoms. The molecule has 5 aromatic rings. The van der Waals surface area contributed by atoms with Crippen LogP contribution in [0.15, 0.2) is 60.8 Å². The highest BCUT2D eigenvalue weighted by Crippen LogP contribution is 2.42. The van der Waals surface area contributed by atoms with E-state index >= 15 is 0 Å². The molecular formula is C37H44N2O3. The predicted molar refractivity (Wildman–Crippen MR) is 175 cm³/mol. The summed E-state index contributed by atoms with van der Waals surface area (Å²) in [7, 11) is 0. The van der Waals surface area contributed by atoms with E-state index in [1.807, 2.05) is 20.0 Å². The van der Waals surface area contributed by atoms with E-state index in [-0.39, 0.29) is 6.61 Å². The Labute approximate surface area is 250 Å². The maximum Gasteiger partial charge on any atom is 0.129 e. The molecule has 220 valence electrons. The fourth-order valence-corrected chi connectivity index (χ4v) is 5.65. The van der Waals surface area contributed by atoms with Crippen LogP contribution in [0.4, 0.5) is 0 Å². The minimum absolute atomic E-state index is 0.0884. The summed E-state index contributed by atoms with van der Waals surface area (Å²) in [4.78, 5) is 9.97. The number of nitrogens with zero attached hydrogens (tertiary/aromatic N) is 2. The Morgan fingerprint density at radius 2 is 1.57 bits per heavy atom. The van der Waals surface area contributed by atoms with Gasteiger partial charge in [0.25, 0.3) is 0 Å². The molecule has 1 aliphatic heterocycles. The fourth-order valence-electron chi connectivity index (χ4n) is 5.65. The van der Waals surface area contributed by atoms with E-state index in [2.05, 4.69) is 75.4 Å². The average Bonchev–Trinajstić information content (AvgIpc) is 2.94. The van der Waals surface area contributed by atoms with Gasteiger partial charge in [-0.2, -0.15) is 0 Å². The smallest absolute Gasteiger partial charge is 0.129 e. The number of hydrogen-bond acceptors (Lipinski definition) is 5. The second-order valence-electron chi connectivity index (χ2n) is 11.6. The molecule has 6 rings (SSSR count). The first-order valence-electron chi connectivity index (χ1n) is 14.9. The average molecular weight is 565 g/mol. The van der Waals surface area contributed by atoms with Crippen LogP contribution in [0.1, 0.15) is 62.4 Å². The number of aliphatic hydroxyl groups is 2. The van der Waals surface area contributed by atoms with Gasteiger partial charge in [-0.15, -0.1) is 0 Å². The van der Waals surface area contributed by atoms with Crippen LogP contribution in [0.25, 0.3) is 44.2 Å². The van der Waals surface area contributed by atoms with Crippen LogP contribution in [-0.4, -0.2) is 39.0 Å². The lowest BCUT2D eigenvalue weighted by atomic mass is 9.87. The van der Waals surface area contributed by atoms with Crippen LogP contribution >= 0.6 is 0 Å². The molecule has 3 heterocycles. The van der Waals surface area contributed by atoms with Crippen LogP contribution in [0.3, 0.4) is 0 Å². The molecule has 2 N–H and O–H groups in total. The van der Waals surface area contributed by atoms with Crippen molar-refractivity contribution in [1.82, 2.24) is 9.97 Å². The van der Waals surface area contributed by atoms with Gasteiger partial charge in [0.1, 0.15) is 5.75 Å². The zero-order valence-electron chi connectivity index (χ0n) is 26.3. The molecule has 0 atom stereocenters. The first kappa shape index (κ1) is 31.1. The molecule has 0 saturated heterocycles. The third-order valence-corrected chi connectivity index (χ3v) is 7.26. The molecule has 0 saturated carbocycles. The summed E-state index contributed by atoms with van der Waals surface area (Å²) >= 11 is 0. The molecule has 0 spiro atoms. The Morgan fingerprint density at radius 1 is 0.881 bits per heavy atom. The van der Waals surface area contributed by atoms with E-state index in [4.69, 9.17) is 19.8 Å². The summed E-state index contributed by atoms with van der Waals surface area (Å²) in [6, 6.07) is 19.1. The summed E-state index contributed by atoms with van der Waals surface area (Å²) in [6.45, 7) is 16.4. The van der Waals surface area contributed by atoms with Gasteiger partial charge in [-0.05, 0) is 112 Å². The zero-order chi connectivity index (χ0) is 30.6. The molecule has 42 heavy (non-hydrogen) atoms. The number of rotatable bonds is 4. The Morgan fingerprint density at radius 3 is 2.24 bits per heavy atom. The van der Waals surface area contributed by atoms with Crippen molar-refractivity contribution < 1.29 is 14.9 Å². The van der Waals surface area contributed by atoms with Crippen molar-refractivity contribution in [2.75, 3.05) is 13.2 Å². The molecular weight excluding hydrogens is 520 g/mol. The first-order chi connectivity index (χ1) is 20.1. The second-order valence-corrected chi connectivity index (χ2v) is 11.6. The highest BCUT2D eigenvalue weighted by atomic mass is 16.5. The number of aliphatic hydroxyl groups excluding tert-OH is 1. The number of aromatic nitrogens is 2. The van der Waals surface area contributed by atoms with Crippen molar-refractivity contribution in [2.45, 2.75) is 73.8 Å². The minimum atomic E-state index is -0.500. The predicted octanol–water partition coefficient (Wildman–Crippen LogP) is 8.32. The zero-order valence-corrected chi connectivity index (χ0v) is 26.3. The number of benzene rings is 3. The molecule has 1 aliphatic rings. The summed E-state index contributed by atoms with van der Waals surface area (Å²) < 4.78 is 5.97. The number of pyridine rings is 2. The van der Waals surface area contributed by atoms with Gasteiger partial charge in [-0.3, -0.25) is 4.98 Å². The monoisotopic (exact) mass is 564 g/mol. The van der Waals surface area contributed by atoms with Gasteiger partial charge < -0.3 is 14.9 Å². The highest BCUT2D eigenvalue weighted by molar-refractivity contribution is 6.07. The van der Waals surface area contributed by atoms with Crippen molar-refractivity contribution in [3.05, 3.63) is 88.6 Å². The maximum absolute atomic E-state index is 9.94. The largest absolute Gasteiger partial charge is 0.493 e. The lowest BCUT2D eigenvalue weighted by molar-refractivity contribution is 0.102. The lowest BCUT2D eigenvalue weighted by Crippen LogP contribution is -2.10. The van der Waals surface area contributed by atoms with Crippen molar-refractivity contribution in [1.29, 1.82) is 0 Å². The van der Waals surface area contributed by atoms with E-state index in [9.17, 15) is 5.11 Å². The Hall–Kier alpha value is -3.80. The third kappa shape index (κ3) is 6.48. The maximum atomic E-state index is 9.94. The van der Waals surface area contributed by atoms with Gasteiger partial charge in [0.05, 0.1) is 28.9 Å². The Bertz CT molecular complexity index is 1680. The Balaban J connectivity index is 0.000000526. The number of hydrogen-bond donors (Lipinski definition) is 2. The quantitative estimate of drug-likeness (QED) is 0.230. The van der Waals surface area contributed by atoms with Crippen LogP contribution in [0.2, 0.25) is 0 Å². The van der Waals surface area contributed by atoms with Crippen molar-refractivity contribution >= 4 is 21.8 Å². The number of aryl methyl sites for hydroxylation is 3. The van der Waals surface area contributed by atoms with Gasteiger partial charge in [0, 0.05) is 41.1 Å². The van der Waals surface area contributed by atoms with E-state index < -0.39 is 5.60 Å². The SMILES string of the molecule is CC.CC(C)(C)O.Cc1cc2nc(-c3c(C)cccc3C)ccc2c(-c2ccc3c4c(ccnc24)CCO3)c1CCO. The summed E-state index contributed by atoms with van der Waals surface area (Å²) in [5.74, 6) is 0.897. The third-order valence-electron chi connectivity index (χ3n) is 7.26. The van der Waals surface area contributed by atoms with Crippen molar-refractivity contribution in [2.24, 2.45) is 0 Å². The first-order valence-corrected chi connectivity index (χ1v) is 14.9. The van der Waals surface area contributed by atoms with Gasteiger partial charge in [0.15, 0.2) is 0 Å². The minimum Gasteiger partial charge on any atom is -0.493 e. The summed E-state index contributed by atoms with van der Waals surface area (Å²) in [5.41, 5.74) is 11.7. The van der Waals surface area contributed by atoms with E-state index in [1.54, 1.807) is 20.8 Å². The lowest BCUT2D eigenvalue weighted by Gasteiger charge is -2.22. The van der Waals surface area contributed by atoms with Crippen LogP contribution < -0.4 is 4.74 Å². The van der Waals surface area contributed by atoms with Gasteiger partial charge in [-0.1, -0.05) is 38.1 Å². The molecule has 5 nitrogen and oxygen atoms in total. The van der Waals surface area contributed by atoms with Crippen LogP contribution in [-0.2, 0) is 12.8 Å². The molecule has 0 bridgehead atoms. The van der Waals surface area contributed by atoms with Crippen LogP contribution in [0.5, 0.6) is 5.75 Å². The van der Waals surface area contributed by atoms with E-state index in [0.29, 0.717) is 13.0 Å². The highest BCUT2D eigenvalue weighted by Gasteiger charge is 2.22. The van der Waals surface area contributed by atoms with Gasteiger partial charge >= 0.3 is 0 Å². The molecule has 0 aliphatic carbocycles. The normalized spacial score (nSPS) is 12.2. The van der Waals surface area contributed by atoms with E-state index in [0.717, 1.165) is 61.9 Å². The van der Waals surface area contributed by atoms with E-state index in [1.165, 1.54) is 22.3 Å². The molecule has 0 amide bonds. The molecule has 3 aromatic carbocycles. The number of fused-ring (bicyclic) bond motifs is 1. The van der Waals surface area contributed by atoms with Crippen molar-refractivity contribution in [3.63, 3.8) is 0 Å². The van der Waals surface area contributed by atoms with Gasteiger partial charge in [0.2, 0.25) is 0 Å². The standard InChI is InChI=1S/C31H28N2O2.C4H10O.C2H6/c1-18-5-4-6-19(2)28(18)25-9-7-23-26(33-25)17-20(3)22(12-15-34)30(23)24-8-10-27-29-21(13-16-35-27)11-14-32-31(24)29;1-4(2,3)5;1-2/h4-11,14,17,34H,12-13,15-16H2,1-3H3;5H,1-3H3;1-2H3. The van der Waals surface area contributed by atoms with Gasteiger partial charge in [-0.25, -0.2) is 4.98 Å². The summed E-state index contributed by atoms with van der Waals surface area (Å²) in [6.07, 6.45) is 3.36. The second kappa shape index (κ2) is 13.0. The molecule has 2 aromatic heterocycles. The van der Waals surface area contributed by atoms with Crippen molar-refractivity contribution in [3.8, 4) is 28.1 Å². The molecule has 0 radical (unpaired) electrons. The van der Waals surface area contributed by atoms with Crippen LogP contribution in [0, 0.1) is 20.8 Å². The molecule has 0 fully saturated rings. The topological polar surface area (TPSA) is 75.5 Å². The molecule has 0 unspecified atom stereocenters. The fraction of sp³-hybridized carbons (Fsp3) is 0.351. The Kier molecular flexibility index (Phi) is 9.65. The number of ether oxygens (including phenoxy) is 1.